The molecule has 20 heavy (non-hydrogen) atoms. The van der Waals surface area contributed by atoms with Gasteiger partial charge in [0.15, 0.2) is 11.6 Å². The first-order valence-corrected chi connectivity index (χ1v) is 7.47. The molecule has 5 heteroatoms. The zero-order valence-corrected chi connectivity index (χ0v) is 12.8. The second-order valence-corrected chi connectivity index (χ2v) is 7.07. The van der Waals surface area contributed by atoms with Crippen LogP contribution in [0.1, 0.15) is 41.0 Å². The number of nitrogens with zero attached hydrogens (tertiary/aromatic N) is 1. The molecule has 0 N–H and O–H groups in total. The minimum Gasteiger partial charge on any atom is -0.293 e. The van der Waals surface area contributed by atoms with E-state index in [1.54, 1.807) is 31.2 Å². The van der Waals surface area contributed by atoms with Crippen LogP contribution >= 0.6 is 24.0 Å². The maximum atomic E-state index is 12.3. The zero-order valence-electron chi connectivity index (χ0n) is 11.2. The number of Topliss-reactive ketones (excluding diaryl/α,β-unsaturated/α-hetero) is 2. The minimum atomic E-state index is -0.924. The molecule has 0 aliphatic heterocycles. The smallest absolute Gasteiger partial charge is 0.180 e. The maximum Gasteiger partial charge on any atom is 0.180 e. The highest BCUT2D eigenvalue weighted by atomic mass is 32.2. The van der Waals surface area contributed by atoms with Crippen LogP contribution in [-0.2, 0) is 0 Å². The number of ketones is 2. The Morgan fingerprint density at radius 2 is 1.85 bits per heavy atom. The minimum absolute atomic E-state index is 0.250. The van der Waals surface area contributed by atoms with Gasteiger partial charge in [-0.2, -0.15) is 5.26 Å². The lowest BCUT2D eigenvalue weighted by molar-refractivity contribution is 0.0886. The van der Waals surface area contributed by atoms with Crippen molar-refractivity contribution in [3.8, 4) is 6.07 Å². The van der Waals surface area contributed by atoms with Gasteiger partial charge in [-0.1, -0.05) is 55.2 Å². The van der Waals surface area contributed by atoms with E-state index >= 15 is 0 Å². The highest BCUT2D eigenvalue weighted by Crippen LogP contribution is 2.36. The number of carbonyl (C=O) groups is 2. The van der Waals surface area contributed by atoms with Gasteiger partial charge in [-0.25, -0.2) is 0 Å². The number of nitriles is 1. The summed E-state index contributed by atoms with van der Waals surface area (Å²) in [7, 11) is 0. The summed E-state index contributed by atoms with van der Waals surface area (Å²) in [5.74, 6) is -1.43. The summed E-state index contributed by atoms with van der Waals surface area (Å²) >= 11 is 6.42. The summed E-state index contributed by atoms with van der Waals surface area (Å²) in [6, 6.07) is 8.94. The number of thiocarbonyl (C=S) groups is 1. The highest BCUT2D eigenvalue weighted by Gasteiger charge is 2.42. The first-order chi connectivity index (χ1) is 9.43. The normalized spacial score (nSPS) is 17.4. The summed E-state index contributed by atoms with van der Waals surface area (Å²) in [5.41, 5.74) is 0.862. The van der Waals surface area contributed by atoms with Crippen molar-refractivity contribution in [1.29, 1.82) is 5.26 Å². The Labute approximate surface area is 127 Å². The van der Waals surface area contributed by atoms with Crippen molar-refractivity contribution in [1.82, 2.24) is 0 Å². The molecule has 0 heterocycles. The van der Waals surface area contributed by atoms with Crippen LogP contribution in [0, 0.1) is 17.2 Å². The summed E-state index contributed by atoms with van der Waals surface area (Å²) in [4.78, 5) is 24.6. The Hall–Kier alpha value is -1.51. The Morgan fingerprint density at radius 3 is 2.25 bits per heavy atom. The average molecular weight is 303 g/mol. The molecule has 1 aromatic rings. The molecule has 1 atom stereocenters. The van der Waals surface area contributed by atoms with Crippen molar-refractivity contribution >= 4 is 39.7 Å². The van der Waals surface area contributed by atoms with Crippen molar-refractivity contribution in [2.75, 3.05) is 0 Å². The first kappa shape index (κ1) is 14.9. The molecule has 0 bridgehead atoms. The van der Waals surface area contributed by atoms with Gasteiger partial charge in [0.25, 0.3) is 0 Å². The fraction of sp³-hybridized carbons (Fsp3) is 0.333. The molecule has 1 unspecified atom stereocenters. The number of carbonyl (C=O) groups excluding carboxylic acids is 2. The van der Waals surface area contributed by atoms with Crippen LogP contribution in [0.15, 0.2) is 24.3 Å². The van der Waals surface area contributed by atoms with Crippen LogP contribution in [0.5, 0.6) is 0 Å². The van der Waals surface area contributed by atoms with Crippen LogP contribution in [0.2, 0.25) is 0 Å². The predicted molar refractivity (Wildman–Crippen MR) is 83.1 cm³/mol. The summed E-state index contributed by atoms with van der Waals surface area (Å²) in [6.07, 6.45) is 0.594. The van der Waals surface area contributed by atoms with Gasteiger partial charge in [0.2, 0.25) is 0 Å². The van der Waals surface area contributed by atoms with Crippen molar-refractivity contribution in [3.05, 3.63) is 35.4 Å². The molecule has 1 aliphatic rings. The molecule has 0 spiro atoms. The van der Waals surface area contributed by atoms with E-state index in [1.807, 2.05) is 6.92 Å². The van der Waals surface area contributed by atoms with Crippen molar-refractivity contribution in [2.45, 2.75) is 25.0 Å². The van der Waals surface area contributed by atoms with E-state index in [-0.39, 0.29) is 11.6 Å². The summed E-state index contributed by atoms with van der Waals surface area (Å²) in [5, 5.41) is 9.18. The number of fused-ring (bicyclic) bond motifs is 1. The third-order valence-electron chi connectivity index (χ3n) is 3.46. The lowest BCUT2D eigenvalue weighted by atomic mass is 10.1. The van der Waals surface area contributed by atoms with E-state index in [0.29, 0.717) is 21.7 Å². The average Bonchev–Trinajstić information content (AvgIpc) is 2.71. The molecule has 0 saturated carbocycles. The molecule has 0 aromatic heterocycles. The van der Waals surface area contributed by atoms with Crippen LogP contribution in [0.3, 0.4) is 0 Å². The molecular formula is C15H13NO2S2. The van der Waals surface area contributed by atoms with Gasteiger partial charge >= 0.3 is 0 Å². The molecule has 3 nitrogen and oxygen atoms in total. The SMILES string of the molecule is CCC(C)(C#N)SC(=S)C1C(=O)c2ccccc2C1=O. The number of benzene rings is 1. The predicted octanol–water partition coefficient (Wildman–Crippen LogP) is 3.43. The summed E-state index contributed by atoms with van der Waals surface area (Å²) < 4.78 is -0.408. The third kappa shape index (κ3) is 2.41. The van der Waals surface area contributed by atoms with Crippen LogP contribution in [-0.4, -0.2) is 20.5 Å². The molecule has 0 radical (unpaired) electrons. The lowest BCUT2D eigenvalue weighted by Crippen LogP contribution is -2.27. The van der Waals surface area contributed by atoms with Crippen LogP contribution in [0.4, 0.5) is 0 Å². The number of thioether (sulfide) groups is 1. The quantitative estimate of drug-likeness (QED) is 0.632. The Morgan fingerprint density at radius 1 is 1.35 bits per heavy atom. The van der Waals surface area contributed by atoms with Crippen molar-refractivity contribution in [2.24, 2.45) is 5.92 Å². The van der Waals surface area contributed by atoms with Crippen molar-refractivity contribution < 1.29 is 9.59 Å². The van der Waals surface area contributed by atoms with E-state index < -0.39 is 10.7 Å². The second kappa shape index (κ2) is 5.47. The molecular weight excluding hydrogens is 290 g/mol. The Balaban J connectivity index is 2.29. The van der Waals surface area contributed by atoms with Crippen molar-refractivity contribution in [3.63, 3.8) is 0 Å². The van der Waals surface area contributed by atoms with Crippen LogP contribution < -0.4 is 0 Å². The third-order valence-corrected chi connectivity index (χ3v) is 5.21. The fourth-order valence-corrected chi connectivity index (χ4v) is 3.74. The molecule has 0 fully saturated rings. The molecule has 2 rings (SSSR count). The van der Waals surface area contributed by atoms with Gasteiger partial charge < -0.3 is 0 Å². The lowest BCUT2D eigenvalue weighted by Gasteiger charge is -2.20. The number of rotatable bonds is 3. The molecule has 102 valence electrons. The fourth-order valence-electron chi connectivity index (χ4n) is 2.01. The first-order valence-electron chi connectivity index (χ1n) is 6.25. The van der Waals surface area contributed by atoms with E-state index in [2.05, 4.69) is 6.07 Å². The van der Waals surface area contributed by atoms with E-state index in [0.717, 1.165) is 11.8 Å². The number of hydrogen-bond acceptors (Lipinski definition) is 5. The molecule has 0 amide bonds. The molecule has 1 aliphatic carbocycles. The van der Waals surface area contributed by atoms with Gasteiger partial charge in [0.05, 0.1) is 10.3 Å². The van der Waals surface area contributed by atoms with Gasteiger partial charge in [-0.3, -0.25) is 9.59 Å². The summed E-state index contributed by atoms with van der Waals surface area (Å²) in [6.45, 7) is 3.65. The standard InChI is InChI=1S/C15H13NO2S2/c1-3-15(2,8-16)20-14(19)11-12(17)9-6-4-5-7-10(9)13(11)18/h4-7,11H,3H2,1-2H3. The maximum absolute atomic E-state index is 12.3. The monoisotopic (exact) mass is 303 g/mol. The van der Waals surface area contributed by atoms with Crippen LogP contribution in [0.25, 0.3) is 0 Å². The van der Waals surface area contributed by atoms with E-state index in [9.17, 15) is 14.9 Å². The Kier molecular flexibility index (Phi) is 4.07. The van der Waals surface area contributed by atoms with E-state index in [4.69, 9.17) is 12.2 Å². The highest BCUT2D eigenvalue weighted by molar-refractivity contribution is 8.24. The topological polar surface area (TPSA) is 57.9 Å². The zero-order chi connectivity index (χ0) is 14.9. The second-order valence-electron chi connectivity index (χ2n) is 4.82. The van der Waals surface area contributed by atoms with E-state index in [1.165, 1.54) is 0 Å². The Bertz CT molecular complexity index is 613. The van der Waals surface area contributed by atoms with Gasteiger partial charge in [0, 0.05) is 11.1 Å². The number of hydrogen-bond donors (Lipinski definition) is 0. The largest absolute Gasteiger partial charge is 0.293 e. The van der Waals surface area contributed by atoms with Gasteiger partial charge in [0.1, 0.15) is 10.7 Å². The van der Waals surface area contributed by atoms with Gasteiger partial charge in [-0.15, -0.1) is 0 Å². The molecule has 0 saturated heterocycles. The molecule has 1 aromatic carbocycles. The van der Waals surface area contributed by atoms with Gasteiger partial charge in [-0.05, 0) is 13.3 Å².